The number of nitrogens with zero attached hydrogens (tertiary/aromatic N) is 4. The topological polar surface area (TPSA) is 193 Å². The summed E-state index contributed by atoms with van der Waals surface area (Å²) in [6, 6.07) is 14.2. The van der Waals surface area contributed by atoms with Gasteiger partial charge in [-0.3, -0.25) is 9.59 Å². The quantitative estimate of drug-likeness (QED) is 0.123. The molecule has 336 valence electrons. The van der Waals surface area contributed by atoms with Gasteiger partial charge < -0.3 is 49.3 Å². The van der Waals surface area contributed by atoms with Crippen LogP contribution in [0.5, 0.6) is 0 Å². The molecule has 0 aliphatic carbocycles. The molecule has 0 bridgehead atoms. The Bertz CT molecular complexity index is 2240. The second-order valence-corrected chi connectivity index (χ2v) is 17.8. The zero-order valence-corrected chi connectivity index (χ0v) is 37.0. The molecule has 4 aromatic rings. The summed E-state index contributed by atoms with van der Waals surface area (Å²) in [5.74, 6) is 1.39. The number of halogens is 1. The van der Waals surface area contributed by atoms with Crippen LogP contribution in [0.15, 0.2) is 54.7 Å². The second kappa shape index (κ2) is 19.5. The zero-order valence-electron chi connectivity index (χ0n) is 36.2. The average Bonchev–Trinajstić information content (AvgIpc) is 4.13. The monoisotopic (exact) mass is 884 g/mol. The van der Waals surface area contributed by atoms with Gasteiger partial charge in [-0.15, -0.1) is 0 Å². The van der Waals surface area contributed by atoms with Crippen molar-refractivity contribution in [3.05, 3.63) is 71.5 Å². The number of benzene rings is 2. The highest BCUT2D eigenvalue weighted by atomic mass is 35.5. The number of likely N-dealkylation sites (tertiary alicyclic amines) is 2. The Morgan fingerprint density at radius 2 is 1.13 bits per heavy atom. The SMILES string of the molecule is COC(=O)N[C@H](C(=O)N1C[C@@H](C)C[C@H]1c1ncc(-c2ccc(-c3ccc(-c4nc([C@@H]5C[C@H](C)CN5C(=O)[C@@H](NC(=O)OC)C5CCOCC5)[nH]c4Cl)cc3)cc2)[nH]1)C1CCOCC1. The number of hydrogen-bond donors (Lipinski definition) is 4. The van der Waals surface area contributed by atoms with Crippen molar-refractivity contribution >= 4 is 35.6 Å². The number of alkyl carbamates (subject to hydrolysis) is 2. The van der Waals surface area contributed by atoms with Crippen LogP contribution in [0, 0.1) is 23.7 Å². The van der Waals surface area contributed by atoms with Gasteiger partial charge in [-0.05, 0) is 78.9 Å². The van der Waals surface area contributed by atoms with Crippen LogP contribution in [-0.2, 0) is 28.5 Å². The van der Waals surface area contributed by atoms with E-state index in [0.29, 0.717) is 94.1 Å². The summed E-state index contributed by atoms with van der Waals surface area (Å²) in [6.07, 6.45) is 4.70. The maximum atomic E-state index is 14.2. The summed E-state index contributed by atoms with van der Waals surface area (Å²) in [4.78, 5) is 73.1. The first-order valence-corrected chi connectivity index (χ1v) is 22.4. The van der Waals surface area contributed by atoms with Crippen LogP contribution in [0.4, 0.5) is 9.59 Å². The lowest BCUT2D eigenvalue weighted by Crippen LogP contribution is -2.53. The highest BCUT2D eigenvalue weighted by Gasteiger charge is 2.44. The number of amides is 4. The fraction of sp³-hybridized carbons (Fsp3) is 0.522. The third kappa shape index (κ3) is 9.72. The molecule has 4 fully saturated rings. The number of imidazole rings is 2. The van der Waals surface area contributed by atoms with E-state index in [9.17, 15) is 19.2 Å². The first-order valence-electron chi connectivity index (χ1n) is 22.0. The molecule has 0 unspecified atom stereocenters. The number of carbonyl (C=O) groups excluding carboxylic acids is 4. The van der Waals surface area contributed by atoms with Gasteiger partial charge in [0.25, 0.3) is 0 Å². The van der Waals surface area contributed by atoms with Crippen molar-refractivity contribution in [2.24, 2.45) is 23.7 Å². The molecule has 4 aliphatic heterocycles. The molecular weight excluding hydrogens is 828 g/mol. The van der Waals surface area contributed by atoms with Gasteiger partial charge in [0, 0.05) is 45.1 Å². The van der Waals surface area contributed by atoms with Gasteiger partial charge in [-0.2, -0.15) is 0 Å². The van der Waals surface area contributed by atoms with Crippen molar-refractivity contribution in [3.63, 3.8) is 0 Å². The van der Waals surface area contributed by atoms with E-state index in [-0.39, 0.29) is 47.6 Å². The number of hydrogen-bond acceptors (Lipinski definition) is 10. The third-order valence-electron chi connectivity index (χ3n) is 13.1. The third-order valence-corrected chi connectivity index (χ3v) is 13.4. The zero-order chi connectivity index (χ0) is 44.2. The summed E-state index contributed by atoms with van der Waals surface area (Å²) < 4.78 is 20.8. The van der Waals surface area contributed by atoms with Crippen LogP contribution >= 0.6 is 11.6 Å². The molecule has 4 N–H and O–H groups in total. The standard InChI is InChI=1S/C46H57ClN8O8/c1-26-21-35(54(24-26)43(56)38(51-45(58)60-3)32-13-17-62-18-14-32)41-48-23-34(49-41)30-9-5-28(6-10-30)29-7-11-31(12-8-29)37-40(47)53-42(50-37)36-22-27(2)25-55(36)44(57)39(52-46(59)61-4)33-15-19-63-20-16-33/h5-12,23,26-27,32-33,35-36,38-39H,13-22,24-25H2,1-4H3,(H,48,49)(H,50,53)(H,51,58)(H,52,59)/t26-,27-,35-,36-,38-,39-/m0/s1. The van der Waals surface area contributed by atoms with Crippen molar-refractivity contribution in [1.82, 2.24) is 40.4 Å². The second-order valence-electron chi connectivity index (χ2n) is 17.4. The molecule has 8 rings (SSSR count). The van der Waals surface area contributed by atoms with Gasteiger partial charge in [0.2, 0.25) is 11.8 Å². The van der Waals surface area contributed by atoms with E-state index < -0.39 is 24.3 Å². The van der Waals surface area contributed by atoms with E-state index in [1.54, 1.807) is 6.20 Å². The maximum absolute atomic E-state index is 14.2. The molecule has 2 aromatic heterocycles. The Hall–Kier alpha value is -5.45. The highest BCUT2D eigenvalue weighted by Crippen LogP contribution is 2.40. The van der Waals surface area contributed by atoms with Crippen LogP contribution < -0.4 is 10.6 Å². The number of H-pyrrole nitrogens is 2. The Morgan fingerprint density at radius 1 is 0.683 bits per heavy atom. The van der Waals surface area contributed by atoms with Gasteiger partial charge in [0.1, 0.15) is 34.6 Å². The number of aromatic nitrogens is 4. The highest BCUT2D eigenvalue weighted by molar-refractivity contribution is 6.31. The summed E-state index contributed by atoms with van der Waals surface area (Å²) in [5, 5.41) is 6.02. The molecule has 0 spiro atoms. The lowest BCUT2D eigenvalue weighted by atomic mass is 9.90. The number of aromatic amines is 2. The normalized spacial score (nSPS) is 23.0. The van der Waals surface area contributed by atoms with Gasteiger partial charge >= 0.3 is 12.2 Å². The molecular formula is C46H57ClN8O8. The Kier molecular flexibility index (Phi) is 13.7. The first-order chi connectivity index (χ1) is 30.5. The molecule has 2 aromatic carbocycles. The van der Waals surface area contributed by atoms with Crippen molar-refractivity contribution in [1.29, 1.82) is 0 Å². The molecule has 0 radical (unpaired) electrons. The number of methoxy groups -OCH3 is 2. The largest absolute Gasteiger partial charge is 0.453 e. The average molecular weight is 885 g/mol. The summed E-state index contributed by atoms with van der Waals surface area (Å²) in [7, 11) is 2.60. The van der Waals surface area contributed by atoms with Crippen molar-refractivity contribution in [3.8, 4) is 33.6 Å². The predicted molar refractivity (Wildman–Crippen MR) is 234 cm³/mol. The van der Waals surface area contributed by atoms with Crippen molar-refractivity contribution in [2.45, 2.75) is 76.5 Å². The lowest BCUT2D eigenvalue weighted by Gasteiger charge is -2.34. The Balaban J connectivity index is 0.945. The molecule has 16 nitrogen and oxygen atoms in total. The van der Waals surface area contributed by atoms with E-state index in [1.165, 1.54) is 14.2 Å². The van der Waals surface area contributed by atoms with Crippen LogP contribution in [0.3, 0.4) is 0 Å². The molecule has 4 aliphatic rings. The van der Waals surface area contributed by atoms with Crippen LogP contribution in [-0.4, -0.2) is 120 Å². The summed E-state index contributed by atoms with van der Waals surface area (Å²) in [5.41, 5.74) is 5.25. The van der Waals surface area contributed by atoms with Crippen LogP contribution in [0.1, 0.15) is 76.1 Å². The molecule has 6 atom stereocenters. The van der Waals surface area contributed by atoms with Crippen LogP contribution in [0.2, 0.25) is 5.15 Å². The molecule has 0 saturated carbocycles. The minimum absolute atomic E-state index is 0.0452. The number of rotatable bonds is 11. The van der Waals surface area contributed by atoms with Crippen molar-refractivity contribution in [2.75, 3.05) is 53.7 Å². The number of carbonyl (C=O) groups is 4. The Morgan fingerprint density at radius 3 is 1.60 bits per heavy atom. The van der Waals surface area contributed by atoms with E-state index >= 15 is 0 Å². The maximum Gasteiger partial charge on any atom is 0.407 e. The smallest absolute Gasteiger partial charge is 0.407 e. The summed E-state index contributed by atoms with van der Waals surface area (Å²) in [6.45, 7) is 7.50. The van der Waals surface area contributed by atoms with E-state index in [4.69, 9.17) is 40.5 Å². The van der Waals surface area contributed by atoms with Crippen LogP contribution in [0.25, 0.3) is 33.6 Å². The molecule has 17 heteroatoms. The Labute approximate surface area is 372 Å². The van der Waals surface area contributed by atoms with E-state index in [0.717, 1.165) is 34.4 Å². The molecule has 4 saturated heterocycles. The fourth-order valence-corrected chi connectivity index (χ4v) is 9.97. The summed E-state index contributed by atoms with van der Waals surface area (Å²) >= 11 is 6.81. The minimum atomic E-state index is -0.735. The van der Waals surface area contributed by atoms with Gasteiger partial charge in [0.15, 0.2) is 0 Å². The number of ether oxygens (including phenoxy) is 4. The minimum Gasteiger partial charge on any atom is -0.453 e. The first kappa shape index (κ1) is 44.2. The number of nitrogens with one attached hydrogen (secondary N) is 4. The van der Waals surface area contributed by atoms with Gasteiger partial charge in [-0.1, -0.05) is 74.0 Å². The molecule has 6 heterocycles. The van der Waals surface area contributed by atoms with Crippen molar-refractivity contribution < 1.29 is 38.1 Å². The van der Waals surface area contributed by atoms with Gasteiger partial charge in [-0.25, -0.2) is 19.6 Å². The van der Waals surface area contributed by atoms with Gasteiger partial charge in [0.05, 0.1) is 38.2 Å². The molecule has 4 amide bonds. The van der Waals surface area contributed by atoms with E-state index in [1.807, 2.05) is 46.2 Å². The molecule has 63 heavy (non-hydrogen) atoms. The fourth-order valence-electron chi connectivity index (χ4n) is 9.72. The predicted octanol–water partition coefficient (Wildman–Crippen LogP) is 6.91. The van der Waals surface area contributed by atoms with E-state index in [2.05, 4.69) is 46.6 Å². The lowest BCUT2D eigenvalue weighted by molar-refractivity contribution is -0.137.